The zero-order valence-electron chi connectivity index (χ0n) is 15.0. The van der Waals surface area contributed by atoms with E-state index in [1.54, 1.807) is 12.1 Å². The number of halogens is 1. The standard InChI is InChI=1S/C21H28FNO2/c1-2-3-14-24-15-6-13-23-16-19-7-4-5-8-21(19)25-17-18-9-11-20(22)12-10-18/h4-5,7-12,23H,2-3,6,13-17H2,1H3. The fourth-order valence-electron chi connectivity index (χ4n) is 2.40. The summed E-state index contributed by atoms with van der Waals surface area (Å²) in [5, 5.41) is 3.43. The van der Waals surface area contributed by atoms with E-state index >= 15 is 0 Å². The minimum absolute atomic E-state index is 0.230. The van der Waals surface area contributed by atoms with E-state index in [0.29, 0.717) is 6.61 Å². The lowest BCUT2D eigenvalue weighted by atomic mass is 10.2. The second-order valence-corrected chi connectivity index (χ2v) is 6.02. The van der Waals surface area contributed by atoms with Gasteiger partial charge < -0.3 is 14.8 Å². The van der Waals surface area contributed by atoms with Crippen molar-refractivity contribution in [1.29, 1.82) is 0 Å². The van der Waals surface area contributed by atoms with Crippen LogP contribution in [0.25, 0.3) is 0 Å². The Morgan fingerprint density at radius 1 is 0.960 bits per heavy atom. The molecule has 0 radical (unpaired) electrons. The molecule has 0 atom stereocenters. The van der Waals surface area contributed by atoms with Gasteiger partial charge in [-0.1, -0.05) is 43.7 Å². The maximum atomic E-state index is 12.9. The Labute approximate surface area is 150 Å². The van der Waals surface area contributed by atoms with Crippen LogP contribution < -0.4 is 10.1 Å². The first-order valence-corrected chi connectivity index (χ1v) is 9.03. The monoisotopic (exact) mass is 345 g/mol. The molecule has 0 saturated heterocycles. The summed E-state index contributed by atoms with van der Waals surface area (Å²) < 4.78 is 24.4. The fourth-order valence-corrected chi connectivity index (χ4v) is 2.40. The molecular formula is C21H28FNO2. The number of rotatable bonds is 12. The van der Waals surface area contributed by atoms with Crippen molar-refractivity contribution >= 4 is 0 Å². The van der Waals surface area contributed by atoms with Crippen molar-refractivity contribution in [2.45, 2.75) is 39.3 Å². The highest BCUT2D eigenvalue weighted by molar-refractivity contribution is 5.33. The Balaban J connectivity index is 1.71. The third kappa shape index (κ3) is 7.67. The molecule has 2 rings (SSSR count). The largest absolute Gasteiger partial charge is 0.489 e. The van der Waals surface area contributed by atoms with E-state index in [1.807, 2.05) is 18.2 Å². The van der Waals surface area contributed by atoms with Crippen LogP contribution in [0, 0.1) is 5.82 Å². The molecule has 25 heavy (non-hydrogen) atoms. The second kappa shape index (κ2) is 11.6. The summed E-state index contributed by atoms with van der Waals surface area (Å²) in [5.41, 5.74) is 2.07. The Morgan fingerprint density at radius 2 is 1.72 bits per heavy atom. The van der Waals surface area contributed by atoms with Crippen LogP contribution in [0.1, 0.15) is 37.3 Å². The van der Waals surface area contributed by atoms with Gasteiger partial charge in [-0.2, -0.15) is 0 Å². The number of nitrogens with one attached hydrogen (secondary N) is 1. The molecule has 0 unspecified atom stereocenters. The molecule has 0 spiro atoms. The lowest BCUT2D eigenvalue weighted by molar-refractivity contribution is 0.128. The topological polar surface area (TPSA) is 30.5 Å². The summed E-state index contributed by atoms with van der Waals surface area (Å²) in [6.45, 7) is 5.93. The lowest BCUT2D eigenvalue weighted by Gasteiger charge is -2.12. The second-order valence-electron chi connectivity index (χ2n) is 6.02. The number of hydrogen-bond acceptors (Lipinski definition) is 3. The van der Waals surface area contributed by atoms with E-state index in [2.05, 4.69) is 18.3 Å². The van der Waals surface area contributed by atoms with Crippen LogP contribution in [-0.4, -0.2) is 19.8 Å². The summed E-state index contributed by atoms with van der Waals surface area (Å²) in [6, 6.07) is 14.4. The van der Waals surface area contributed by atoms with Crippen LogP contribution >= 0.6 is 0 Å². The van der Waals surface area contributed by atoms with Gasteiger partial charge in [0.2, 0.25) is 0 Å². The van der Waals surface area contributed by atoms with Crippen molar-refractivity contribution in [3.05, 3.63) is 65.5 Å². The van der Waals surface area contributed by atoms with Gasteiger partial charge in [-0.25, -0.2) is 4.39 Å². The minimum atomic E-state index is -0.230. The number of unbranched alkanes of at least 4 members (excludes halogenated alkanes) is 1. The van der Waals surface area contributed by atoms with E-state index in [4.69, 9.17) is 9.47 Å². The summed E-state index contributed by atoms with van der Waals surface area (Å²) in [4.78, 5) is 0. The first-order chi connectivity index (χ1) is 12.3. The number of hydrogen-bond donors (Lipinski definition) is 1. The number of para-hydroxylation sites is 1. The van der Waals surface area contributed by atoms with E-state index in [-0.39, 0.29) is 5.82 Å². The molecule has 0 bridgehead atoms. The molecule has 3 nitrogen and oxygen atoms in total. The van der Waals surface area contributed by atoms with Crippen molar-refractivity contribution in [2.75, 3.05) is 19.8 Å². The molecule has 136 valence electrons. The summed E-state index contributed by atoms with van der Waals surface area (Å²) in [7, 11) is 0. The normalized spacial score (nSPS) is 10.8. The van der Waals surface area contributed by atoms with Gasteiger partial charge in [-0.05, 0) is 43.1 Å². The van der Waals surface area contributed by atoms with Gasteiger partial charge in [-0.3, -0.25) is 0 Å². The molecular weight excluding hydrogens is 317 g/mol. The van der Waals surface area contributed by atoms with E-state index in [9.17, 15) is 4.39 Å². The highest BCUT2D eigenvalue weighted by Crippen LogP contribution is 2.19. The van der Waals surface area contributed by atoms with Gasteiger partial charge >= 0.3 is 0 Å². The van der Waals surface area contributed by atoms with Crippen molar-refractivity contribution in [2.24, 2.45) is 0 Å². The molecule has 0 aromatic heterocycles. The highest BCUT2D eigenvalue weighted by Gasteiger charge is 2.03. The lowest BCUT2D eigenvalue weighted by Crippen LogP contribution is -2.17. The Kier molecular flexibility index (Phi) is 9.02. The van der Waals surface area contributed by atoms with Crippen LogP contribution in [0.4, 0.5) is 4.39 Å². The van der Waals surface area contributed by atoms with Crippen LogP contribution in [0.5, 0.6) is 5.75 Å². The van der Waals surface area contributed by atoms with Crippen molar-refractivity contribution < 1.29 is 13.9 Å². The first-order valence-electron chi connectivity index (χ1n) is 9.03. The molecule has 0 aliphatic carbocycles. The van der Waals surface area contributed by atoms with Gasteiger partial charge in [0.15, 0.2) is 0 Å². The van der Waals surface area contributed by atoms with Crippen LogP contribution in [0.2, 0.25) is 0 Å². The molecule has 0 aliphatic rings. The van der Waals surface area contributed by atoms with Crippen LogP contribution in [-0.2, 0) is 17.9 Å². The SMILES string of the molecule is CCCCOCCCNCc1ccccc1OCc1ccc(F)cc1. The third-order valence-corrected chi connectivity index (χ3v) is 3.88. The highest BCUT2D eigenvalue weighted by atomic mass is 19.1. The zero-order valence-corrected chi connectivity index (χ0v) is 15.0. The van der Waals surface area contributed by atoms with Gasteiger partial charge in [0.05, 0.1) is 0 Å². The maximum Gasteiger partial charge on any atom is 0.124 e. The van der Waals surface area contributed by atoms with Crippen molar-refractivity contribution in [3.8, 4) is 5.75 Å². The van der Waals surface area contributed by atoms with Crippen LogP contribution in [0.3, 0.4) is 0 Å². The van der Waals surface area contributed by atoms with Gasteiger partial charge in [0, 0.05) is 25.3 Å². The molecule has 0 aliphatic heterocycles. The molecule has 2 aromatic carbocycles. The maximum absolute atomic E-state index is 12.9. The number of ether oxygens (including phenoxy) is 2. The van der Waals surface area contributed by atoms with E-state index < -0.39 is 0 Å². The third-order valence-electron chi connectivity index (χ3n) is 3.88. The van der Waals surface area contributed by atoms with Gasteiger partial charge in [0.1, 0.15) is 18.2 Å². The molecule has 0 saturated carbocycles. The van der Waals surface area contributed by atoms with E-state index in [1.165, 1.54) is 18.6 Å². The quantitative estimate of drug-likeness (QED) is 0.566. The summed E-state index contributed by atoms with van der Waals surface area (Å²) >= 11 is 0. The molecule has 1 N–H and O–H groups in total. The predicted octanol–water partition coefficient (Wildman–Crippen LogP) is 4.70. The average Bonchev–Trinajstić information content (AvgIpc) is 2.64. The first kappa shape index (κ1) is 19.4. The summed E-state index contributed by atoms with van der Waals surface area (Å²) in [5.74, 6) is 0.630. The smallest absolute Gasteiger partial charge is 0.124 e. The Morgan fingerprint density at radius 3 is 2.52 bits per heavy atom. The van der Waals surface area contributed by atoms with Crippen LogP contribution in [0.15, 0.2) is 48.5 Å². The molecule has 0 amide bonds. The molecule has 0 fully saturated rings. The van der Waals surface area contributed by atoms with Crippen molar-refractivity contribution in [3.63, 3.8) is 0 Å². The van der Waals surface area contributed by atoms with Crippen molar-refractivity contribution in [1.82, 2.24) is 5.32 Å². The van der Waals surface area contributed by atoms with E-state index in [0.717, 1.165) is 56.0 Å². The Bertz CT molecular complexity index is 601. The zero-order chi connectivity index (χ0) is 17.7. The average molecular weight is 345 g/mol. The predicted molar refractivity (Wildman–Crippen MR) is 99.2 cm³/mol. The molecule has 4 heteroatoms. The Hall–Kier alpha value is -1.91. The molecule has 2 aromatic rings. The fraction of sp³-hybridized carbons (Fsp3) is 0.429. The van der Waals surface area contributed by atoms with Gasteiger partial charge in [0.25, 0.3) is 0 Å². The number of benzene rings is 2. The minimum Gasteiger partial charge on any atom is -0.489 e. The molecule has 0 heterocycles. The summed E-state index contributed by atoms with van der Waals surface area (Å²) in [6.07, 6.45) is 3.31. The van der Waals surface area contributed by atoms with Gasteiger partial charge in [-0.15, -0.1) is 0 Å².